The number of nitrogens with zero attached hydrogens (tertiary/aromatic N) is 2. The quantitative estimate of drug-likeness (QED) is 0.820. The molecule has 0 aliphatic carbocycles. The highest BCUT2D eigenvalue weighted by Gasteiger charge is 2.17. The first-order chi connectivity index (χ1) is 12.2. The Hall–Kier alpha value is -2.63. The zero-order chi connectivity index (χ0) is 17.5. The molecule has 6 nitrogen and oxygen atoms in total. The second kappa shape index (κ2) is 8.46. The van der Waals surface area contributed by atoms with E-state index in [0.29, 0.717) is 25.2 Å². The van der Waals surface area contributed by atoms with Gasteiger partial charge in [0.1, 0.15) is 5.69 Å². The highest BCUT2D eigenvalue weighted by molar-refractivity contribution is 5.92. The van der Waals surface area contributed by atoms with Crippen molar-refractivity contribution in [3.63, 3.8) is 0 Å². The lowest BCUT2D eigenvalue weighted by Gasteiger charge is -2.20. The minimum atomic E-state index is -0.281. The minimum Gasteiger partial charge on any atom is -0.350 e. The third-order valence-corrected chi connectivity index (χ3v) is 4.37. The van der Waals surface area contributed by atoms with Gasteiger partial charge in [-0.05, 0) is 19.3 Å². The summed E-state index contributed by atoms with van der Waals surface area (Å²) in [6.45, 7) is 2.02. The first-order valence-corrected chi connectivity index (χ1v) is 8.82. The fourth-order valence-electron chi connectivity index (χ4n) is 2.96. The lowest BCUT2D eigenvalue weighted by atomic mass is 10.1. The Morgan fingerprint density at radius 3 is 2.88 bits per heavy atom. The van der Waals surface area contributed by atoms with Crippen LogP contribution in [0, 0.1) is 0 Å². The number of hydrogen-bond acceptors (Lipinski definition) is 4. The van der Waals surface area contributed by atoms with Crippen LogP contribution in [0.3, 0.4) is 0 Å². The van der Waals surface area contributed by atoms with Crippen molar-refractivity contribution in [2.75, 3.05) is 19.6 Å². The third kappa shape index (κ3) is 4.68. The number of benzene rings is 1. The SMILES string of the molecule is O=C(NCCCN1CCCCCC1=O)c1cc(-c2ccccc2)no1. The molecular weight excluding hydrogens is 318 g/mol. The number of hydrogen-bond donors (Lipinski definition) is 1. The molecule has 1 aliphatic heterocycles. The molecule has 1 N–H and O–H groups in total. The first kappa shape index (κ1) is 17.2. The molecule has 3 rings (SSSR count). The van der Waals surface area contributed by atoms with Crippen molar-refractivity contribution in [2.24, 2.45) is 0 Å². The Balaban J connectivity index is 1.45. The highest BCUT2D eigenvalue weighted by atomic mass is 16.5. The van der Waals surface area contributed by atoms with Crippen LogP contribution in [-0.4, -0.2) is 41.5 Å². The second-order valence-electron chi connectivity index (χ2n) is 6.24. The summed E-state index contributed by atoms with van der Waals surface area (Å²) in [5.74, 6) is 0.146. The van der Waals surface area contributed by atoms with Gasteiger partial charge in [-0.25, -0.2) is 0 Å². The number of carbonyl (C=O) groups excluding carboxylic acids is 2. The Kier molecular flexibility index (Phi) is 5.82. The van der Waals surface area contributed by atoms with Crippen LogP contribution in [0.1, 0.15) is 42.7 Å². The zero-order valence-corrected chi connectivity index (χ0v) is 14.2. The van der Waals surface area contributed by atoms with Gasteiger partial charge < -0.3 is 14.7 Å². The summed E-state index contributed by atoms with van der Waals surface area (Å²) in [5.41, 5.74) is 1.55. The molecule has 0 atom stereocenters. The minimum absolute atomic E-state index is 0.199. The highest BCUT2D eigenvalue weighted by Crippen LogP contribution is 2.18. The van der Waals surface area contributed by atoms with E-state index in [-0.39, 0.29) is 17.6 Å². The van der Waals surface area contributed by atoms with Crippen LogP contribution in [0.5, 0.6) is 0 Å². The van der Waals surface area contributed by atoms with Gasteiger partial charge >= 0.3 is 0 Å². The number of carbonyl (C=O) groups is 2. The molecular formula is C19H23N3O3. The fourth-order valence-corrected chi connectivity index (χ4v) is 2.96. The van der Waals surface area contributed by atoms with Crippen molar-refractivity contribution >= 4 is 11.8 Å². The van der Waals surface area contributed by atoms with Crippen LogP contribution in [-0.2, 0) is 4.79 Å². The number of likely N-dealkylation sites (tertiary alicyclic amines) is 1. The average molecular weight is 341 g/mol. The van der Waals surface area contributed by atoms with Gasteiger partial charge in [-0.3, -0.25) is 9.59 Å². The van der Waals surface area contributed by atoms with Crippen LogP contribution < -0.4 is 5.32 Å². The Morgan fingerprint density at radius 2 is 2.04 bits per heavy atom. The molecule has 1 fully saturated rings. The molecule has 132 valence electrons. The van der Waals surface area contributed by atoms with E-state index in [0.717, 1.165) is 37.8 Å². The molecule has 0 saturated carbocycles. The van der Waals surface area contributed by atoms with E-state index < -0.39 is 0 Å². The average Bonchev–Trinajstić information content (AvgIpc) is 3.05. The molecule has 2 heterocycles. The molecule has 0 unspecified atom stereocenters. The number of aromatic nitrogens is 1. The maximum atomic E-state index is 12.1. The van der Waals surface area contributed by atoms with Gasteiger partial charge in [-0.15, -0.1) is 0 Å². The van der Waals surface area contributed by atoms with Crippen molar-refractivity contribution in [1.82, 2.24) is 15.4 Å². The van der Waals surface area contributed by atoms with Gasteiger partial charge in [0, 0.05) is 37.7 Å². The Labute approximate surface area is 147 Å². The van der Waals surface area contributed by atoms with E-state index in [2.05, 4.69) is 10.5 Å². The van der Waals surface area contributed by atoms with E-state index in [9.17, 15) is 9.59 Å². The van der Waals surface area contributed by atoms with E-state index in [1.165, 1.54) is 0 Å². The van der Waals surface area contributed by atoms with Crippen molar-refractivity contribution in [1.29, 1.82) is 0 Å². The third-order valence-electron chi connectivity index (χ3n) is 4.37. The van der Waals surface area contributed by atoms with Crippen LogP contribution in [0.15, 0.2) is 40.9 Å². The second-order valence-corrected chi connectivity index (χ2v) is 6.24. The molecule has 0 spiro atoms. The topological polar surface area (TPSA) is 75.4 Å². The van der Waals surface area contributed by atoms with Crippen molar-refractivity contribution < 1.29 is 14.1 Å². The summed E-state index contributed by atoms with van der Waals surface area (Å²) in [6, 6.07) is 11.2. The molecule has 1 saturated heterocycles. The predicted octanol–water partition coefficient (Wildman–Crippen LogP) is 2.86. The van der Waals surface area contributed by atoms with Gasteiger partial charge in [0.05, 0.1) is 0 Å². The number of rotatable bonds is 6. The van der Waals surface area contributed by atoms with E-state index in [1.54, 1.807) is 6.07 Å². The Morgan fingerprint density at radius 1 is 1.20 bits per heavy atom. The summed E-state index contributed by atoms with van der Waals surface area (Å²) >= 11 is 0. The summed E-state index contributed by atoms with van der Waals surface area (Å²) < 4.78 is 5.13. The van der Waals surface area contributed by atoms with Gasteiger partial charge in [0.2, 0.25) is 11.7 Å². The zero-order valence-electron chi connectivity index (χ0n) is 14.2. The standard InChI is InChI=1S/C19H23N3O3/c23-18-10-5-2-6-12-22(18)13-7-11-20-19(24)17-14-16(21-25-17)15-8-3-1-4-9-15/h1,3-4,8-9,14H,2,5-7,10-13H2,(H,20,24). The monoisotopic (exact) mass is 341 g/mol. The predicted molar refractivity (Wildman–Crippen MR) is 93.9 cm³/mol. The van der Waals surface area contributed by atoms with E-state index >= 15 is 0 Å². The van der Waals surface area contributed by atoms with Gasteiger partial charge in [-0.1, -0.05) is 41.9 Å². The van der Waals surface area contributed by atoms with Gasteiger partial charge in [-0.2, -0.15) is 0 Å². The van der Waals surface area contributed by atoms with E-state index in [1.807, 2.05) is 35.2 Å². The molecule has 1 aromatic carbocycles. The molecule has 2 amide bonds. The van der Waals surface area contributed by atoms with Gasteiger partial charge in [0.25, 0.3) is 5.91 Å². The molecule has 1 aromatic heterocycles. The molecule has 1 aliphatic rings. The van der Waals surface area contributed by atoms with Crippen molar-refractivity contribution in [3.05, 3.63) is 42.2 Å². The van der Waals surface area contributed by atoms with Crippen LogP contribution >= 0.6 is 0 Å². The smallest absolute Gasteiger partial charge is 0.289 e. The summed E-state index contributed by atoms with van der Waals surface area (Å²) in [7, 11) is 0. The molecule has 2 aromatic rings. The molecule has 6 heteroatoms. The van der Waals surface area contributed by atoms with Crippen molar-refractivity contribution in [3.8, 4) is 11.3 Å². The Bertz CT molecular complexity index is 712. The lowest BCUT2D eigenvalue weighted by molar-refractivity contribution is -0.130. The normalized spacial score (nSPS) is 15.0. The fraction of sp³-hybridized carbons (Fsp3) is 0.421. The maximum absolute atomic E-state index is 12.1. The largest absolute Gasteiger partial charge is 0.350 e. The maximum Gasteiger partial charge on any atom is 0.289 e. The van der Waals surface area contributed by atoms with Crippen molar-refractivity contribution in [2.45, 2.75) is 32.1 Å². The molecule has 0 radical (unpaired) electrons. The molecule has 0 bridgehead atoms. The molecule has 25 heavy (non-hydrogen) atoms. The number of amides is 2. The van der Waals surface area contributed by atoms with Crippen LogP contribution in [0.25, 0.3) is 11.3 Å². The lowest BCUT2D eigenvalue weighted by Crippen LogP contribution is -2.33. The first-order valence-electron chi connectivity index (χ1n) is 8.82. The summed E-state index contributed by atoms with van der Waals surface area (Å²) in [5, 5.41) is 6.76. The summed E-state index contributed by atoms with van der Waals surface area (Å²) in [4.78, 5) is 26.0. The van der Waals surface area contributed by atoms with Gasteiger partial charge in [0.15, 0.2) is 0 Å². The van der Waals surface area contributed by atoms with E-state index in [4.69, 9.17) is 4.52 Å². The van der Waals surface area contributed by atoms with Crippen LogP contribution in [0.4, 0.5) is 0 Å². The number of nitrogens with one attached hydrogen (secondary N) is 1. The summed E-state index contributed by atoms with van der Waals surface area (Å²) in [6.07, 6.45) is 4.55. The van der Waals surface area contributed by atoms with Crippen LogP contribution in [0.2, 0.25) is 0 Å².